The summed E-state index contributed by atoms with van der Waals surface area (Å²) in [5, 5.41) is 11.0. The fraction of sp³-hybridized carbons (Fsp3) is 1.00. The van der Waals surface area contributed by atoms with Gasteiger partial charge in [0.05, 0.1) is 12.2 Å². The third-order valence-corrected chi connectivity index (χ3v) is 4.67. The summed E-state index contributed by atoms with van der Waals surface area (Å²) in [7, 11) is 0. The van der Waals surface area contributed by atoms with Gasteiger partial charge in [-0.1, -0.05) is 19.8 Å². The van der Waals surface area contributed by atoms with Gasteiger partial charge >= 0.3 is 0 Å². The van der Waals surface area contributed by atoms with Gasteiger partial charge in [0.1, 0.15) is 0 Å². The minimum Gasteiger partial charge on any atom is -0.389 e. The van der Waals surface area contributed by atoms with E-state index in [2.05, 4.69) is 6.92 Å². The van der Waals surface area contributed by atoms with Crippen molar-refractivity contribution < 1.29 is 9.84 Å². The van der Waals surface area contributed by atoms with Gasteiger partial charge in [-0.25, -0.2) is 0 Å². The molecule has 0 radical (unpaired) electrons. The molecule has 16 heavy (non-hydrogen) atoms. The monoisotopic (exact) mass is 227 g/mol. The zero-order valence-electron chi connectivity index (χ0n) is 10.4. The van der Waals surface area contributed by atoms with Crippen molar-refractivity contribution >= 4 is 0 Å². The lowest BCUT2D eigenvalue weighted by Crippen LogP contribution is -2.58. The summed E-state index contributed by atoms with van der Waals surface area (Å²) in [6.07, 6.45) is 6.22. The van der Waals surface area contributed by atoms with Crippen LogP contribution in [0.15, 0.2) is 0 Å². The Morgan fingerprint density at radius 2 is 2.19 bits per heavy atom. The van der Waals surface area contributed by atoms with E-state index < -0.39 is 5.60 Å². The van der Waals surface area contributed by atoms with E-state index >= 15 is 0 Å². The molecule has 3 unspecified atom stereocenters. The summed E-state index contributed by atoms with van der Waals surface area (Å²) in [5.41, 5.74) is 5.20. The molecule has 0 aromatic carbocycles. The van der Waals surface area contributed by atoms with Crippen molar-refractivity contribution in [1.82, 2.24) is 0 Å². The van der Waals surface area contributed by atoms with Crippen LogP contribution in [-0.2, 0) is 4.74 Å². The predicted molar refractivity (Wildman–Crippen MR) is 64.1 cm³/mol. The maximum absolute atomic E-state index is 11.0. The first kappa shape index (κ1) is 12.3. The smallest absolute Gasteiger partial charge is 0.0740 e. The van der Waals surface area contributed by atoms with Gasteiger partial charge in [-0.15, -0.1) is 0 Å². The van der Waals surface area contributed by atoms with Crippen LogP contribution < -0.4 is 5.73 Å². The minimum absolute atomic E-state index is 0.181. The first-order valence-electron chi connectivity index (χ1n) is 6.62. The van der Waals surface area contributed by atoms with Crippen LogP contribution in [0.4, 0.5) is 0 Å². The summed E-state index contributed by atoms with van der Waals surface area (Å²) in [4.78, 5) is 0. The third kappa shape index (κ3) is 2.01. The van der Waals surface area contributed by atoms with Crippen LogP contribution in [0.25, 0.3) is 0 Å². The van der Waals surface area contributed by atoms with E-state index in [9.17, 15) is 5.11 Å². The fourth-order valence-electron chi connectivity index (χ4n) is 3.58. The van der Waals surface area contributed by atoms with E-state index in [0.29, 0.717) is 19.1 Å². The van der Waals surface area contributed by atoms with Crippen molar-refractivity contribution in [2.24, 2.45) is 17.1 Å². The lowest BCUT2D eigenvalue weighted by Gasteiger charge is -2.51. The highest BCUT2D eigenvalue weighted by Gasteiger charge is 2.51. The maximum Gasteiger partial charge on any atom is 0.0740 e. The molecule has 0 amide bonds. The first-order chi connectivity index (χ1) is 7.62. The van der Waals surface area contributed by atoms with Crippen molar-refractivity contribution in [2.75, 3.05) is 19.8 Å². The van der Waals surface area contributed by atoms with E-state index in [1.54, 1.807) is 0 Å². The Bertz CT molecular complexity index is 238. The van der Waals surface area contributed by atoms with Gasteiger partial charge < -0.3 is 15.6 Å². The van der Waals surface area contributed by atoms with Gasteiger partial charge in [0.25, 0.3) is 0 Å². The molecule has 94 valence electrons. The van der Waals surface area contributed by atoms with Crippen molar-refractivity contribution in [2.45, 2.75) is 51.0 Å². The summed E-state index contributed by atoms with van der Waals surface area (Å²) in [5.74, 6) is 0.615. The van der Waals surface area contributed by atoms with Gasteiger partial charge in [-0.2, -0.15) is 0 Å². The Morgan fingerprint density at radius 1 is 1.38 bits per heavy atom. The standard InChI is InChI=1S/C13H25NO2/c1-11-4-2-6-13(15,8-11)12(9-14)5-3-7-16-10-12/h11,15H,2-10,14H2,1H3. The van der Waals surface area contributed by atoms with Crippen molar-refractivity contribution in [3.8, 4) is 0 Å². The molecule has 2 fully saturated rings. The first-order valence-corrected chi connectivity index (χ1v) is 6.62. The molecule has 1 saturated heterocycles. The summed E-state index contributed by atoms with van der Waals surface area (Å²) in [6, 6.07) is 0. The quantitative estimate of drug-likeness (QED) is 0.754. The predicted octanol–water partition coefficient (Wildman–Crippen LogP) is 1.68. The molecular weight excluding hydrogens is 202 g/mol. The van der Waals surface area contributed by atoms with Crippen molar-refractivity contribution in [1.29, 1.82) is 0 Å². The van der Waals surface area contributed by atoms with Crippen LogP contribution in [-0.4, -0.2) is 30.5 Å². The van der Waals surface area contributed by atoms with Crippen molar-refractivity contribution in [3.05, 3.63) is 0 Å². The van der Waals surface area contributed by atoms with Gasteiger partial charge in [-0.3, -0.25) is 0 Å². The number of hydrogen-bond acceptors (Lipinski definition) is 3. The number of ether oxygens (including phenoxy) is 1. The highest BCUT2D eigenvalue weighted by Crippen LogP contribution is 2.47. The second kappa shape index (κ2) is 4.63. The van der Waals surface area contributed by atoms with E-state index in [1.807, 2.05) is 0 Å². The maximum atomic E-state index is 11.0. The summed E-state index contributed by atoms with van der Waals surface area (Å²) >= 11 is 0. The second-order valence-corrected chi connectivity index (χ2v) is 5.87. The molecule has 2 rings (SSSR count). The Balaban J connectivity index is 2.17. The lowest BCUT2D eigenvalue weighted by atomic mass is 9.61. The third-order valence-electron chi connectivity index (χ3n) is 4.67. The highest BCUT2D eigenvalue weighted by molar-refractivity contribution is 5.03. The van der Waals surface area contributed by atoms with Crippen molar-refractivity contribution in [3.63, 3.8) is 0 Å². The molecule has 0 spiro atoms. The Hall–Kier alpha value is -0.120. The molecule has 0 aromatic heterocycles. The molecular formula is C13H25NO2. The largest absolute Gasteiger partial charge is 0.389 e. The van der Waals surface area contributed by atoms with Crippen LogP contribution >= 0.6 is 0 Å². The Labute approximate surface area is 98.4 Å². The topological polar surface area (TPSA) is 55.5 Å². The molecule has 1 aliphatic carbocycles. The molecule has 3 N–H and O–H groups in total. The molecule has 1 saturated carbocycles. The van der Waals surface area contributed by atoms with Crippen LogP contribution in [0.3, 0.4) is 0 Å². The van der Waals surface area contributed by atoms with Crippen LogP contribution in [0.2, 0.25) is 0 Å². The fourth-order valence-corrected chi connectivity index (χ4v) is 3.58. The molecule has 3 nitrogen and oxygen atoms in total. The Kier molecular flexibility index (Phi) is 3.57. The molecule has 3 atom stereocenters. The van der Waals surface area contributed by atoms with Crippen LogP contribution in [0.1, 0.15) is 45.4 Å². The molecule has 3 heteroatoms. The second-order valence-electron chi connectivity index (χ2n) is 5.87. The van der Waals surface area contributed by atoms with E-state index in [1.165, 1.54) is 6.42 Å². The number of rotatable bonds is 2. The zero-order chi connectivity index (χ0) is 11.6. The Morgan fingerprint density at radius 3 is 2.75 bits per heavy atom. The zero-order valence-corrected chi connectivity index (χ0v) is 10.4. The highest BCUT2D eigenvalue weighted by atomic mass is 16.5. The molecule has 2 aliphatic rings. The lowest BCUT2D eigenvalue weighted by molar-refractivity contribution is -0.165. The average Bonchev–Trinajstić information content (AvgIpc) is 2.29. The summed E-state index contributed by atoms with van der Waals surface area (Å²) in [6.45, 7) is 4.26. The van der Waals surface area contributed by atoms with Crippen LogP contribution in [0, 0.1) is 11.3 Å². The molecule has 0 aromatic rings. The van der Waals surface area contributed by atoms with E-state index in [0.717, 1.165) is 38.7 Å². The number of aliphatic hydroxyl groups is 1. The molecule has 0 bridgehead atoms. The van der Waals surface area contributed by atoms with Gasteiger partial charge in [0.2, 0.25) is 0 Å². The normalized spacial score (nSPS) is 45.6. The van der Waals surface area contributed by atoms with Gasteiger partial charge in [-0.05, 0) is 31.6 Å². The van der Waals surface area contributed by atoms with Gasteiger partial charge in [0.15, 0.2) is 0 Å². The van der Waals surface area contributed by atoms with E-state index in [4.69, 9.17) is 10.5 Å². The minimum atomic E-state index is -0.583. The molecule has 1 aliphatic heterocycles. The average molecular weight is 227 g/mol. The SMILES string of the molecule is CC1CCCC(O)(C2(CN)CCCOC2)C1. The van der Waals surface area contributed by atoms with E-state index in [-0.39, 0.29) is 5.41 Å². The summed E-state index contributed by atoms with van der Waals surface area (Å²) < 4.78 is 5.59. The number of hydrogen-bond donors (Lipinski definition) is 2. The number of nitrogens with two attached hydrogens (primary N) is 1. The molecule has 1 heterocycles. The van der Waals surface area contributed by atoms with Gasteiger partial charge in [0, 0.05) is 18.6 Å². The van der Waals surface area contributed by atoms with Crippen LogP contribution in [0.5, 0.6) is 0 Å².